The Morgan fingerprint density at radius 2 is 0.976 bits per heavy atom. The van der Waals surface area contributed by atoms with Crippen molar-refractivity contribution >= 4 is 11.4 Å². The first-order valence-electron chi connectivity index (χ1n) is 14.7. The summed E-state index contributed by atoms with van der Waals surface area (Å²) in [5, 5.41) is 0. The highest BCUT2D eigenvalue weighted by atomic mass is 14.8. The van der Waals surface area contributed by atoms with Crippen molar-refractivity contribution in [2.45, 2.75) is 27.2 Å². The van der Waals surface area contributed by atoms with Gasteiger partial charge in [0.25, 0.3) is 0 Å². The SMILES string of the molecule is CCC(=Nc1ccccc1C)c1ccc(-c2cc(-c3ccccc3)cc(-c3ccccc3)c2)cc1-c1ccccc1C. The molecule has 0 aromatic heterocycles. The molecule has 6 rings (SSSR count). The lowest BCUT2D eigenvalue weighted by molar-refractivity contribution is 1.25. The number of rotatable bonds is 7. The van der Waals surface area contributed by atoms with Crippen LogP contribution in [0.3, 0.4) is 0 Å². The molecular weight excluding hydrogens is 506 g/mol. The maximum atomic E-state index is 5.19. The Hall–Kier alpha value is -5.01. The fourth-order valence-corrected chi connectivity index (χ4v) is 5.63. The van der Waals surface area contributed by atoms with E-state index in [1.165, 1.54) is 61.2 Å². The average molecular weight is 542 g/mol. The van der Waals surface area contributed by atoms with Crippen LogP contribution in [0.1, 0.15) is 30.0 Å². The number of hydrogen-bond donors (Lipinski definition) is 0. The second-order valence-corrected chi connectivity index (χ2v) is 10.8. The van der Waals surface area contributed by atoms with Crippen molar-refractivity contribution in [3.63, 3.8) is 0 Å². The van der Waals surface area contributed by atoms with Crippen LogP contribution in [-0.2, 0) is 0 Å². The second-order valence-electron chi connectivity index (χ2n) is 10.8. The molecule has 1 nitrogen and oxygen atoms in total. The predicted molar refractivity (Wildman–Crippen MR) is 181 cm³/mol. The van der Waals surface area contributed by atoms with Crippen LogP contribution in [0.25, 0.3) is 44.5 Å². The van der Waals surface area contributed by atoms with Crippen molar-refractivity contribution in [2.24, 2.45) is 4.99 Å². The van der Waals surface area contributed by atoms with Crippen molar-refractivity contribution in [3.8, 4) is 44.5 Å². The summed E-state index contributed by atoms with van der Waals surface area (Å²) >= 11 is 0. The summed E-state index contributed by atoms with van der Waals surface area (Å²) in [6, 6.07) is 52.2. The van der Waals surface area contributed by atoms with Gasteiger partial charge in [-0.2, -0.15) is 0 Å². The second kappa shape index (κ2) is 12.2. The minimum Gasteiger partial charge on any atom is -0.253 e. The number of para-hydroxylation sites is 1. The molecule has 0 aliphatic carbocycles. The Balaban J connectivity index is 1.56. The van der Waals surface area contributed by atoms with Crippen LogP contribution in [0.15, 0.2) is 151 Å². The van der Waals surface area contributed by atoms with Gasteiger partial charge in [0.05, 0.1) is 5.69 Å². The third-order valence-corrected chi connectivity index (χ3v) is 7.95. The van der Waals surface area contributed by atoms with Gasteiger partial charge in [0.1, 0.15) is 0 Å². The van der Waals surface area contributed by atoms with E-state index in [2.05, 4.69) is 166 Å². The Kier molecular flexibility index (Phi) is 7.92. The standard InChI is InChI=1S/C41H35N/c1-4-40(42-41-22-14-12-16-30(41)3)38-24-23-33(28-39(38)37-21-13-11-15-29(37)2)36-26-34(31-17-7-5-8-18-31)25-35(27-36)32-19-9-6-10-20-32/h5-28H,4H2,1-3H3. The zero-order valence-corrected chi connectivity index (χ0v) is 24.5. The highest BCUT2D eigenvalue weighted by molar-refractivity contribution is 6.08. The number of aryl methyl sites for hydroxylation is 2. The molecule has 0 atom stereocenters. The minimum atomic E-state index is 0.841. The molecule has 0 unspecified atom stereocenters. The quantitative estimate of drug-likeness (QED) is 0.178. The molecule has 1 heteroatoms. The first kappa shape index (κ1) is 27.2. The number of benzene rings is 6. The number of aliphatic imine (C=N–C) groups is 1. The zero-order chi connectivity index (χ0) is 28.9. The summed E-state index contributed by atoms with van der Waals surface area (Å²) in [5.74, 6) is 0. The zero-order valence-electron chi connectivity index (χ0n) is 24.5. The lowest BCUT2D eigenvalue weighted by Crippen LogP contribution is -2.03. The van der Waals surface area contributed by atoms with Gasteiger partial charge in [-0.15, -0.1) is 0 Å². The molecule has 6 aromatic rings. The molecule has 204 valence electrons. The van der Waals surface area contributed by atoms with Gasteiger partial charge in [-0.3, -0.25) is 4.99 Å². The van der Waals surface area contributed by atoms with E-state index in [0.29, 0.717) is 0 Å². The van der Waals surface area contributed by atoms with E-state index in [1.54, 1.807) is 0 Å². The highest BCUT2D eigenvalue weighted by Gasteiger charge is 2.15. The van der Waals surface area contributed by atoms with Gasteiger partial charge in [0.2, 0.25) is 0 Å². The first-order valence-corrected chi connectivity index (χ1v) is 14.7. The molecule has 0 aliphatic heterocycles. The van der Waals surface area contributed by atoms with Gasteiger partial charge < -0.3 is 0 Å². The van der Waals surface area contributed by atoms with Crippen LogP contribution >= 0.6 is 0 Å². The van der Waals surface area contributed by atoms with Crippen LogP contribution in [0.5, 0.6) is 0 Å². The predicted octanol–water partition coefficient (Wildman–Crippen LogP) is 11.5. The van der Waals surface area contributed by atoms with Gasteiger partial charge >= 0.3 is 0 Å². The summed E-state index contributed by atoms with van der Waals surface area (Å²) < 4.78 is 0. The van der Waals surface area contributed by atoms with Crippen molar-refractivity contribution < 1.29 is 0 Å². The summed E-state index contributed by atoms with van der Waals surface area (Å²) in [5.41, 5.74) is 15.4. The summed E-state index contributed by atoms with van der Waals surface area (Å²) in [6.07, 6.45) is 0.841. The van der Waals surface area contributed by atoms with Crippen molar-refractivity contribution in [1.29, 1.82) is 0 Å². The van der Waals surface area contributed by atoms with Crippen molar-refractivity contribution in [1.82, 2.24) is 0 Å². The normalized spacial score (nSPS) is 11.5. The minimum absolute atomic E-state index is 0.841. The van der Waals surface area contributed by atoms with Crippen LogP contribution in [0, 0.1) is 13.8 Å². The smallest absolute Gasteiger partial charge is 0.0662 e. The maximum absolute atomic E-state index is 5.19. The summed E-state index contributed by atoms with van der Waals surface area (Å²) in [4.78, 5) is 5.19. The van der Waals surface area contributed by atoms with Crippen LogP contribution in [0.4, 0.5) is 5.69 Å². The number of hydrogen-bond acceptors (Lipinski definition) is 1. The molecule has 0 spiro atoms. The maximum Gasteiger partial charge on any atom is 0.0662 e. The van der Waals surface area contributed by atoms with Crippen molar-refractivity contribution in [2.75, 3.05) is 0 Å². The molecule has 0 radical (unpaired) electrons. The molecule has 0 saturated heterocycles. The van der Waals surface area contributed by atoms with Gasteiger partial charge in [0.15, 0.2) is 0 Å². The first-order chi connectivity index (χ1) is 20.6. The van der Waals surface area contributed by atoms with Gasteiger partial charge in [0, 0.05) is 11.3 Å². The molecule has 0 saturated carbocycles. The Morgan fingerprint density at radius 1 is 0.452 bits per heavy atom. The molecule has 42 heavy (non-hydrogen) atoms. The molecule has 0 bridgehead atoms. The summed E-state index contributed by atoms with van der Waals surface area (Å²) in [6.45, 7) is 6.52. The molecule has 0 aliphatic rings. The Bertz CT molecular complexity index is 1810. The van der Waals surface area contributed by atoms with E-state index in [1.807, 2.05) is 0 Å². The van der Waals surface area contributed by atoms with E-state index in [-0.39, 0.29) is 0 Å². The van der Waals surface area contributed by atoms with Crippen LogP contribution < -0.4 is 0 Å². The molecule has 6 aromatic carbocycles. The third kappa shape index (κ3) is 5.73. The fourth-order valence-electron chi connectivity index (χ4n) is 5.63. The topological polar surface area (TPSA) is 12.4 Å². The largest absolute Gasteiger partial charge is 0.253 e. The molecule has 0 heterocycles. The molecule has 0 amide bonds. The lowest BCUT2D eigenvalue weighted by atomic mass is 9.88. The Morgan fingerprint density at radius 3 is 1.55 bits per heavy atom. The fraction of sp³-hybridized carbons (Fsp3) is 0.0976. The molecular formula is C41H35N. The average Bonchev–Trinajstić information content (AvgIpc) is 3.05. The van der Waals surface area contributed by atoms with Gasteiger partial charge in [-0.25, -0.2) is 0 Å². The monoisotopic (exact) mass is 541 g/mol. The molecule has 0 N–H and O–H groups in total. The van der Waals surface area contributed by atoms with Crippen LogP contribution in [-0.4, -0.2) is 5.71 Å². The Labute approximate surface area is 249 Å². The number of nitrogens with zero attached hydrogens (tertiary/aromatic N) is 1. The molecule has 0 fully saturated rings. The van der Waals surface area contributed by atoms with Crippen molar-refractivity contribution in [3.05, 3.63) is 162 Å². The third-order valence-electron chi connectivity index (χ3n) is 7.95. The van der Waals surface area contributed by atoms with E-state index < -0.39 is 0 Å². The van der Waals surface area contributed by atoms with E-state index in [0.717, 1.165) is 17.8 Å². The van der Waals surface area contributed by atoms with Gasteiger partial charge in [-0.05, 0) is 106 Å². The van der Waals surface area contributed by atoms with Crippen LogP contribution in [0.2, 0.25) is 0 Å². The van der Waals surface area contributed by atoms with E-state index in [4.69, 9.17) is 4.99 Å². The van der Waals surface area contributed by atoms with E-state index >= 15 is 0 Å². The van der Waals surface area contributed by atoms with Gasteiger partial charge in [-0.1, -0.05) is 122 Å². The van der Waals surface area contributed by atoms with E-state index in [9.17, 15) is 0 Å². The summed E-state index contributed by atoms with van der Waals surface area (Å²) in [7, 11) is 0. The lowest BCUT2D eigenvalue weighted by Gasteiger charge is -2.17. The highest BCUT2D eigenvalue weighted by Crippen LogP contribution is 2.37.